The van der Waals surface area contributed by atoms with Crippen LogP contribution in [0.5, 0.6) is 0 Å². The maximum atomic E-state index is 13.6. The maximum absolute atomic E-state index is 13.6. The Kier molecular flexibility index (Phi) is 6.11. The highest BCUT2D eigenvalue weighted by molar-refractivity contribution is 7.90. The first-order valence-electron chi connectivity index (χ1n) is 10.5. The van der Waals surface area contributed by atoms with Crippen LogP contribution in [0, 0.1) is 0 Å². The second-order valence-corrected chi connectivity index (χ2v) is 9.79. The van der Waals surface area contributed by atoms with Crippen molar-refractivity contribution in [2.24, 2.45) is 0 Å². The molecule has 8 heteroatoms. The van der Waals surface area contributed by atoms with Crippen LogP contribution in [0.4, 0.5) is 10.6 Å². The normalized spacial score (nSPS) is 23.2. The van der Waals surface area contributed by atoms with Gasteiger partial charge in [-0.25, -0.2) is 22.5 Å². The Bertz CT molecular complexity index is 1070. The lowest BCUT2D eigenvalue weighted by molar-refractivity contribution is 0.0896. The monoisotopic (exact) mass is 441 g/mol. The molecule has 0 bridgehead atoms. The first-order valence-corrected chi connectivity index (χ1v) is 11.9. The van der Waals surface area contributed by atoms with Crippen molar-refractivity contribution in [3.63, 3.8) is 0 Å². The molecule has 1 aromatic heterocycles. The standard InChI is InChI=1S/C23H27N3O4S/c1-3-17-9-11-18(12-10-17)16-25-23(27)26(19-6-4-7-20(30-2)14-13-19)22-21(31(25,28)29)8-5-15-24-22/h3,5,8-12,15,19-20H,1,4,6-7,13-14,16H2,2H3. The van der Waals surface area contributed by atoms with Gasteiger partial charge in [0, 0.05) is 19.3 Å². The van der Waals surface area contributed by atoms with E-state index in [2.05, 4.69) is 11.6 Å². The summed E-state index contributed by atoms with van der Waals surface area (Å²) in [5.41, 5.74) is 1.66. The fraction of sp³-hybridized carbons (Fsp3) is 0.391. The number of fused-ring (bicyclic) bond motifs is 1. The molecule has 0 saturated heterocycles. The Hall–Kier alpha value is -2.71. The van der Waals surface area contributed by atoms with Gasteiger partial charge in [0.05, 0.1) is 12.6 Å². The van der Waals surface area contributed by atoms with Gasteiger partial charge in [-0.2, -0.15) is 0 Å². The summed E-state index contributed by atoms with van der Waals surface area (Å²) in [4.78, 5) is 19.6. The van der Waals surface area contributed by atoms with Crippen molar-refractivity contribution in [2.45, 2.75) is 55.7 Å². The number of rotatable bonds is 5. The zero-order valence-electron chi connectivity index (χ0n) is 17.6. The highest BCUT2D eigenvalue weighted by Crippen LogP contribution is 2.37. The molecular weight excluding hydrogens is 414 g/mol. The average Bonchev–Trinajstić information content (AvgIpc) is 3.03. The zero-order chi connectivity index (χ0) is 22.0. The Morgan fingerprint density at radius 2 is 1.94 bits per heavy atom. The molecule has 1 aliphatic heterocycles. The van der Waals surface area contributed by atoms with Crippen LogP contribution in [0.1, 0.15) is 43.2 Å². The Balaban J connectivity index is 1.71. The lowest BCUT2D eigenvalue weighted by atomic mass is 10.1. The number of aromatic nitrogens is 1. The number of amides is 2. The second kappa shape index (κ2) is 8.80. The minimum Gasteiger partial charge on any atom is -0.381 e. The quantitative estimate of drug-likeness (QED) is 0.650. The van der Waals surface area contributed by atoms with Gasteiger partial charge in [0.15, 0.2) is 5.82 Å². The fourth-order valence-corrected chi connectivity index (χ4v) is 5.83. The number of benzene rings is 1. The van der Waals surface area contributed by atoms with E-state index in [-0.39, 0.29) is 29.4 Å². The van der Waals surface area contributed by atoms with Crippen LogP contribution in [0.3, 0.4) is 0 Å². The Morgan fingerprint density at radius 3 is 2.65 bits per heavy atom. The molecular formula is C23H27N3O4S. The summed E-state index contributed by atoms with van der Waals surface area (Å²) < 4.78 is 33.2. The van der Waals surface area contributed by atoms with E-state index in [1.165, 1.54) is 12.3 Å². The van der Waals surface area contributed by atoms with Gasteiger partial charge >= 0.3 is 6.03 Å². The van der Waals surface area contributed by atoms with Gasteiger partial charge in [-0.1, -0.05) is 36.9 Å². The van der Waals surface area contributed by atoms with E-state index in [1.807, 2.05) is 24.3 Å². The number of methoxy groups -OCH3 is 1. The highest BCUT2D eigenvalue weighted by Gasteiger charge is 2.45. The van der Waals surface area contributed by atoms with Crippen molar-refractivity contribution >= 4 is 27.9 Å². The second-order valence-electron chi connectivity index (χ2n) is 7.95. The van der Waals surface area contributed by atoms with Crippen LogP contribution < -0.4 is 4.90 Å². The largest absolute Gasteiger partial charge is 0.381 e. The molecule has 1 saturated carbocycles. The molecule has 0 radical (unpaired) electrons. The molecule has 2 amide bonds. The summed E-state index contributed by atoms with van der Waals surface area (Å²) in [5, 5.41) is 0. The molecule has 2 aliphatic rings. The molecule has 7 nitrogen and oxygen atoms in total. The first-order chi connectivity index (χ1) is 15.0. The predicted molar refractivity (Wildman–Crippen MR) is 119 cm³/mol. The summed E-state index contributed by atoms with van der Waals surface area (Å²) in [7, 11) is -2.30. The van der Waals surface area contributed by atoms with E-state index in [1.54, 1.807) is 24.2 Å². The highest BCUT2D eigenvalue weighted by atomic mass is 32.2. The summed E-state index contributed by atoms with van der Waals surface area (Å²) >= 11 is 0. The number of hydrogen-bond acceptors (Lipinski definition) is 5. The smallest absolute Gasteiger partial charge is 0.340 e. The van der Waals surface area contributed by atoms with Crippen LogP contribution in [-0.2, 0) is 21.3 Å². The van der Waals surface area contributed by atoms with Crippen molar-refractivity contribution in [3.05, 3.63) is 60.3 Å². The molecule has 0 spiro atoms. The number of anilines is 1. The minimum atomic E-state index is -4.01. The summed E-state index contributed by atoms with van der Waals surface area (Å²) in [6, 6.07) is 9.80. The van der Waals surface area contributed by atoms with E-state index in [0.29, 0.717) is 0 Å². The summed E-state index contributed by atoms with van der Waals surface area (Å²) in [6.07, 6.45) is 7.60. The van der Waals surface area contributed by atoms with E-state index < -0.39 is 16.1 Å². The van der Waals surface area contributed by atoms with Crippen LogP contribution in [0.25, 0.3) is 6.08 Å². The summed E-state index contributed by atoms with van der Waals surface area (Å²) in [6.45, 7) is 3.70. The van der Waals surface area contributed by atoms with Gasteiger partial charge in [-0.3, -0.25) is 4.90 Å². The Labute approximate surface area is 183 Å². The third kappa shape index (κ3) is 4.09. The van der Waals surface area contributed by atoms with Crippen LogP contribution in [-0.4, -0.2) is 43.0 Å². The average molecular weight is 442 g/mol. The van der Waals surface area contributed by atoms with Crippen LogP contribution in [0.2, 0.25) is 0 Å². The number of urea groups is 1. The first kappa shape index (κ1) is 21.5. The van der Waals surface area contributed by atoms with Gasteiger partial charge < -0.3 is 4.74 Å². The molecule has 1 aliphatic carbocycles. The van der Waals surface area contributed by atoms with Crippen molar-refractivity contribution in [3.8, 4) is 0 Å². The van der Waals surface area contributed by atoms with Crippen LogP contribution >= 0.6 is 0 Å². The van der Waals surface area contributed by atoms with Crippen molar-refractivity contribution in [1.82, 2.24) is 9.29 Å². The maximum Gasteiger partial charge on any atom is 0.340 e. The molecule has 164 valence electrons. The molecule has 31 heavy (non-hydrogen) atoms. The van der Waals surface area contributed by atoms with E-state index >= 15 is 0 Å². The predicted octanol–water partition coefficient (Wildman–Crippen LogP) is 4.20. The van der Waals surface area contributed by atoms with Crippen molar-refractivity contribution < 1.29 is 17.9 Å². The number of carbonyl (C=O) groups excluding carboxylic acids is 1. The molecule has 2 unspecified atom stereocenters. The lowest BCUT2D eigenvalue weighted by Gasteiger charge is -2.39. The van der Waals surface area contributed by atoms with Crippen LogP contribution in [0.15, 0.2) is 54.1 Å². The molecule has 2 aromatic rings. The fourth-order valence-electron chi connectivity index (χ4n) is 4.35. The number of hydrogen-bond donors (Lipinski definition) is 0. The molecule has 4 rings (SSSR count). The van der Waals surface area contributed by atoms with Gasteiger partial charge in [0.1, 0.15) is 4.90 Å². The number of nitrogens with zero attached hydrogens (tertiary/aromatic N) is 3. The van der Waals surface area contributed by atoms with Crippen molar-refractivity contribution in [2.75, 3.05) is 12.0 Å². The number of sulfonamides is 1. The van der Waals surface area contributed by atoms with E-state index in [0.717, 1.165) is 47.5 Å². The van der Waals surface area contributed by atoms with Crippen molar-refractivity contribution in [1.29, 1.82) is 0 Å². The Morgan fingerprint density at radius 1 is 1.16 bits per heavy atom. The zero-order valence-corrected chi connectivity index (χ0v) is 18.4. The number of ether oxygens (including phenoxy) is 1. The van der Waals surface area contributed by atoms with Gasteiger partial charge in [0.25, 0.3) is 10.0 Å². The third-order valence-electron chi connectivity index (χ3n) is 6.09. The van der Waals surface area contributed by atoms with E-state index in [9.17, 15) is 13.2 Å². The van der Waals surface area contributed by atoms with Gasteiger partial charge in [-0.05, 0) is 55.4 Å². The number of carbonyl (C=O) groups is 1. The molecule has 0 N–H and O–H groups in total. The molecule has 2 atom stereocenters. The molecule has 1 aromatic carbocycles. The van der Waals surface area contributed by atoms with E-state index in [4.69, 9.17) is 4.74 Å². The lowest BCUT2D eigenvalue weighted by Crippen LogP contribution is -2.54. The third-order valence-corrected chi connectivity index (χ3v) is 7.83. The summed E-state index contributed by atoms with van der Waals surface area (Å²) in [5.74, 6) is 0.228. The van der Waals surface area contributed by atoms with Gasteiger partial charge in [0.2, 0.25) is 0 Å². The topological polar surface area (TPSA) is 79.8 Å². The molecule has 1 fully saturated rings. The number of pyridine rings is 1. The minimum absolute atomic E-state index is 0.0309. The SMILES string of the molecule is C=Cc1ccc(CN2C(=O)N(C3CCCC(OC)CC3)c3ncccc3S2(=O)=O)cc1. The molecule has 2 heterocycles. The van der Waals surface area contributed by atoms with Gasteiger partial charge in [-0.15, -0.1) is 0 Å².